The fraction of sp³-hybridized carbons (Fsp3) is 0.588. The monoisotopic (exact) mass is 306 g/mol. The molecule has 122 valence electrons. The van der Waals surface area contributed by atoms with Crippen LogP contribution in [0.15, 0.2) is 18.2 Å². The van der Waals surface area contributed by atoms with E-state index in [0.29, 0.717) is 36.3 Å². The Kier molecular flexibility index (Phi) is 6.07. The Morgan fingerprint density at radius 3 is 2.68 bits per heavy atom. The van der Waals surface area contributed by atoms with Gasteiger partial charge in [0.1, 0.15) is 0 Å². The highest BCUT2D eigenvalue weighted by atomic mass is 16.5. The van der Waals surface area contributed by atoms with Crippen molar-refractivity contribution in [2.75, 3.05) is 19.8 Å². The molecule has 22 heavy (non-hydrogen) atoms. The van der Waals surface area contributed by atoms with Gasteiger partial charge in [-0.15, -0.1) is 0 Å². The molecule has 0 aromatic heterocycles. The van der Waals surface area contributed by atoms with Gasteiger partial charge in [0.05, 0.1) is 13.2 Å². The van der Waals surface area contributed by atoms with Crippen LogP contribution in [0.5, 0.6) is 11.5 Å². The third-order valence-corrected chi connectivity index (χ3v) is 3.88. The maximum Gasteiger partial charge on any atom is 0.251 e. The van der Waals surface area contributed by atoms with E-state index in [2.05, 4.69) is 17.6 Å². The summed E-state index contributed by atoms with van der Waals surface area (Å²) >= 11 is 0. The lowest BCUT2D eigenvalue weighted by atomic mass is 9.99. The number of carbonyl (C=O) groups excluding carboxylic acids is 1. The highest BCUT2D eigenvalue weighted by molar-refractivity contribution is 5.95. The van der Waals surface area contributed by atoms with Crippen molar-refractivity contribution in [1.29, 1.82) is 0 Å². The molecule has 5 nitrogen and oxygen atoms in total. The average Bonchev–Trinajstić information content (AvgIpc) is 2.51. The van der Waals surface area contributed by atoms with Gasteiger partial charge >= 0.3 is 0 Å². The summed E-state index contributed by atoms with van der Waals surface area (Å²) in [5, 5.41) is 6.49. The van der Waals surface area contributed by atoms with E-state index in [0.717, 1.165) is 19.4 Å². The summed E-state index contributed by atoms with van der Waals surface area (Å²) in [4.78, 5) is 12.4. The van der Waals surface area contributed by atoms with Gasteiger partial charge in [-0.25, -0.2) is 0 Å². The SMILES string of the molecule is CCOc1ccc(C(=O)N[C@@H]2CCCN[C@@H]2C)cc1OCC. The standard InChI is InChI=1S/C17H26N2O3/c1-4-21-15-9-8-13(11-16(15)22-5-2)17(20)19-14-7-6-10-18-12(14)3/h8-9,11-12,14,18H,4-7,10H2,1-3H3,(H,19,20)/t12-,14-/m1/s1. The van der Waals surface area contributed by atoms with Gasteiger partial charge in [-0.05, 0) is 58.4 Å². The van der Waals surface area contributed by atoms with E-state index < -0.39 is 0 Å². The zero-order chi connectivity index (χ0) is 15.9. The van der Waals surface area contributed by atoms with E-state index in [1.54, 1.807) is 18.2 Å². The second-order valence-corrected chi connectivity index (χ2v) is 5.49. The van der Waals surface area contributed by atoms with E-state index in [1.165, 1.54) is 0 Å². The van der Waals surface area contributed by atoms with E-state index in [9.17, 15) is 4.79 Å². The molecule has 0 bridgehead atoms. The Balaban J connectivity index is 2.09. The summed E-state index contributed by atoms with van der Waals surface area (Å²) < 4.78 is 11.1. The summed E-state index contributed by atoms with van der Waals surface area (Å²) in [7, 11) is 0. The summed E-state index contributed by atoms with van der Waals surface area (Å²) in [6.45, 7) is 8.07. The number of nitrogens with one attached hydrogen (secondary N) is 2. The Hall–Kier alpha value is -1.75. The smallest absolute Gasteiger partial charge is 0.251 e. The number of benzene rings is 1. The number of hydrogen-bond donors (Lipinski definition) is 2. The van der Waals surface area contributed by atoms with Gasteiger partial charge in [-0.3, -0.25) is 4.79 Å². The number of amides is 1. The summed E-state index contributed by atoms with van der Waals surface area (Å²) in [6, 6.07) is 5.80. The molecule has 1 fully saturated rings. The number of carbonyl (C=O) groups is 1. The highest BCUT2D eigenvalue weighted by Crippen LogP contribution is 2.28. The van der Waals surface area contributed by atoms with Crippen molar-refractivity contribution in [2.24, 2.45) is 0 Å². The first-order valence-electron chi connectivity index (χ1n) is 8.09. The van der Waals surface area contributed by atoms with Crippen molar-refractivity contribution in [3.05, 3.63) is 23.8 Å². The minimum Gasteiger partial charge on any atom is -0.490 e. The van der Waals surface area contributed by atoms with Crippen LogP contribution < -0.4 is 20.1 Å². The molecule has 1 heterocycles. The molecular weight excluding hydrogens is 280 g/mol. The van der Waals surface area contributed by atoms with Crippen molar-refractivity contribution in [2.45, 2.75) is 45.7 Å². The number of ether oxygens (including phenoxy) is 2. The fourth-order valence-electron chi connectivity index (χ4n) is 2.69. The van der Waals surface area contributed by atoms with Crippen LogP contribution in [0, 0.1) is 0 Å². The lowest BCUT2D eigenvalue weighted by Gasteiger charge is -2.30. The van der Waals surface area contributed by atoms with Crippen LogP contribution in [-0.2, 0) is 0 Å². The fourth-order valence-corrected chi connectivity index (χ4v) is 2.69. The third-order valence-electron chi connectivity index (χ3n) is 3.88. The molecule has 2 rings (SSSR count). The minimum atomic E-state index is -0.0652. The van der Waals surface area contributed by atoms with Crippen LogP contribution >= 0.6 is 0 Å². The zero-order valence-corrected chi connectivity index (χ0v) is 13.6. The molecule has 1 saturated heterocycles. The molecule has 0 unspecified atom stereocenters. The first-order chi connectivity index (χ1) is 10.7. The Labute approximate surface area is 132 Å². The number of hydrogen-bond acceptors (Lipinski definition) is 4. The van der Waals surface area contributed by atoms with Crippen molar-refractivity contribution >= 4 is 5.91 Å². The van der Waals surface area contributed by atoms with E-state index >= 15 is 0 Å². The van der Waals surface area contributed by atoms with Gasteiger partial charge in [0, 0.05) is 17.6 Å². The summed E-state index contributed by atoms with van der Waals surface area (Å²) in [5.41, 5.74) is 0.602. The molecule has 1 aliphatic rings. The van der Waals surface area contributed by atoms with Crippen molar-refractivity contribution in [1.82, 2.24) is 10.6 Å². The predicted octanol–water partition coefficient (Wildman–Crippen LogP) is 2.35. The Morgan fingerprint density at radius 2 is 2.00 bits per heavy atom. The largest absolute Gasteiger partial charge is 0.490 e. The van der Waals surface area contributed by atoms with Crippen LogP contribution in [0.1, 0.15) is 44.0 Å². The summed E-state index contributed by atoms with van der Waals surface area (Å²) in [5.74, 6) is 1.23. The molecule has 1 aliphatic heterocycles. The van der Waals surface area contributed by atoms with Crippen LogP contribution in [0.4, 0.5) is 0 Å². The predicted molar refractivity (Wildman–Crippen MR) is 86.7 cm³/mol. The Bertz CT molecular complexity index is 505. The minimum absolute atomic E-state index is 0.0652. The first kappa shape index (κ1) is 16.6. The van der Waals surface area contributed by atoms with Crippen LogP contribution in [0.2, 0.25) is 0 Å². The quantitative estimate of drug-likeness (QED) is 0.847. The molecule has 2 atom stereocenters. The molecule has 5 heteroatoms. The summed E-state index contributed by atoms with van der Waals surface area (Å²) in [6.07, 6.45) is 2.10. The van der Waals surface area contributed by atoms with Crippen LogP contribution in [-0.4, -0.2) is 37.7 Å². The van der Waals surface area contributed by atoms with E-state index in [1.807, 2.05) is 13.8 Å². The first-order valence-corrected chi connectivity index (χ1v) is 8.09. The van der Waals surface area contributed by atoms with Gasteiger partial charge in [0.2, 0.25) is 0 Å². The molecule has 1 amide bonds. The molecular formula is C17H26N2O3. The maximum absolute atomic E-state index is 12.4. The van der Waals surface area contributed by atoms with Gasteiger partial charge < -0.3 is 20.1 Å². The van der Waals surface area contributed by atoms with E-state index in [4.69, 9.17) is 9.47 Å². The van der Waals surface area contributed by atoms with Crippen molar-refractivity contribution < 1.29 is 14.3 Å². The molecule has 2 N–H and O–H groups in total. The second-order valence-electron chi connectivity index (χ2n) is 5.49. The normalized spacial score (nSPS) is 21.2. The topological polar surface area (TPSA) is 59.6 Å². The van der Waals surface area contributed by atoms with Crippen LogP contribution in [0.25, 0.3) is 0 Å². The molecule has 0 radical (unpaired) electrons. The van der Waals surface area contributed by atoms with Gasteiger partial charge in [0.15, 0.2) is 11.5 Å². The van der Waals surface area contributed by atoms with E-state index in [-0.39, 0.29) is 11.9 Å². The molecule has 0 saturated carbocycles. The van der Waals surface area contributed by atoms with Crippen LogP contribution in [0.3, 0.4) is 0 Å². The molecule has 0 aliphatic carbocycles. The second kappa shape index (κ2) is 8.03. The average molecular weight is 306 g/mol. The van der Waals surface area contributed by atoms with Crippen molar-refractivity contribution in [3.63, 3.8) is 0 Å². The lowest BCUT2D eigenvalue weighted by molar-refractivity contribution is 0.0919. The van der Waals surface area contributed by atoms with Crippen molar-refractivity contribution in [3.8, 4) is 11.5 Å². The molecule has 0 spiro atoms. The lowest BCUT2D eigenvalue weighted by Crippen LogP contribution is -2.51. The zero-order valence-electron chi connectivity index (χ0n) is 13.6. The maximum atomic E-state index is 12.4. The molecule has 1 aromatic rings. The van der Waals surface area contributed by atoms with Gasteiger partial charge in [-0.1, -0.05) is 0 Å². The Morgan fingerprint density at radius 1 is 1.27 bits per heavy atom. The number of piperidine rings is 1. The van der Waals surface area contributed by atoms with Gasteiger partial charge in [0.25, 0.3) is 5.91 Å². The highest BCUT2D eigenvalue weighted by Gasteiger charge is 2.23. The molecule has 1 aromatic carbocycles. The van der Waals surface area contributed by atoms with Gasteiger partial charge in [-0.2, -0.15) is 0 Å². The third kappa shape index (κ3) is 4.13. The number of rotatable bonds is 6.